The fraction of sp³-hybridized carbons (Fsp3) is 0.571. The smallest absolute Gasteiger partial charge is 0.189 e. The van der Waals surface area contributed by atoms with Crippen molar-refractivity contribution in [2.24, 2.45) is 11.8 Å². The summed E-state index contributed by atoms with van der Waals surface area (Å²) in [5.41, 5.74) is 4.07. The minimum absolute atomic E-state index is 0.0791. The molecule has 0 aliphatic carbocycles. The lowest BCUT2D eigenvalue weighted by atomic mass is 9.88. The lowest BCUT2D eigenvalue weighted by Crippen LogP contribution is -2.25. The molecule has 1 aromatic rings. The van der Waals surface area contributed by atoms with E-state index in [1.54, 1.807) is 0 Å². The lowest BCUT2D eigenvalue weighted by Gasteiger charge is -2.29. The van der Waals surface area contributed by atoms with E-state index in [-0.39, 0.29) is 5.82 Å². The van der Waals surface area contributed by atoms with E-state index in [1.807, 2.05) is 26.0 Å². The van der Waals surface area contributed by atoms with Crippen LogP contribution in [-0.4, -0.2) is 18.1 Å². The molecule has 1 unspecified atom stereocenters. The molecule has 0 amide bonds. The summed E-state index contributed by atoms with van der Waals surface area (Å²) in [6.45, 7) is 14.2. The largest absolute Gasteiger partial charge is 0.477 e. The molecule has 2 rings (SSSR count). The van der Waals surface area contributed by atoms with Gasteiger partial charge in [0.15, 0.2) is 5.88 Å². The molecule has 1 heterocycles. The maximum Gasteiger partial charge on any atom is 0.189 e. The van der Waals surface area contributed by atoms with E-state index in [0.717, 1.165) is 68.7 Å². The Bertz CT molecular complexity index is 767. The van der Waals surface area contributed by atoms with E-state index in [9.17, 15) is 4.39 Å². The number of ether oxygens (including phenoxy) is 1. The predicted molar refractivity (Wildman–Crippen MR) is 130 cm³/mol. The number of benzene rings is 1. The van der Waals surface area contributed by atoms with Gasteiger partial charge in [0.25, 0.3) is 0 Å². The van der Waals surface area contributed by atoms with Crippen LogP contribution in [0.5, 0.6) is 0 Å². The van der Waals surface area contributed by atoms with E-state index in [1.165, 1.54) is 11.3 Å². The van der Waals surface area contributed by atoms with Gasteiger partial charge < -0.3 is 9.64 Å². The number of nitrogens with zero attached hydrogens (tertiary/aromatic N) is 1. The number of aryl methyl sites for hydroxylation is 2. The highest BCUT2D eigenvalue weighted by atomic mass is 19.1. The minimum Gasteiger partial charge on any atom is -0.477 e. The second-order valence-electron chi connectivity index (χ2n) is 9.04. The number of allylic oxidation sites excluding steroid dienone is 5. The molecule has 0 aromatic heterocycles. The van der Waals surface area contributed by atoms with Gasteiger partial charge in [-0.15, -0.1) is 0 Å². The van der Waals surface area contributed by atoms with Gasteiger partial charge in [-0.2, -0.15) is 0 Å². The van der Waals surface area contributed by atoms with Crippen molar-refractivity contribution < 1.29 is 9.13 Å². The normalized spacial score (nSPS) is 17.2. The summed E-state index contributed by atoms with van der Waals surface area (Å²) >= 11 is 0. The van der Waals surface area contributed by atoms with Gasteiger partial charge in [-0.05, 0) is 81.1 Å². The van der Waals surface area contributed by atoms with E-state index in [4.69, 9.17) is 4.74 Å². The van der Waals surface area contributed by atoms with Crippen LogP contribution in [-0.2, 0) is 11.2 Å². The highest BCUT2D eigenvalue weighted by Crippen LogP contribution is 2.32. The predicted octanol–water partition coefficient (Wildman–Crippen LogP) is 7.86. The molecule has 0 bridgehead atoms. The van der Waals surface area contributed by atoms with Crippen LogP contribution < -0.4 is 0 Å². The van der Waals surface area contributed by atoms with Crippen LogP contribution in [0.15, 0.2) is 48.0 Å². The van der Waals surface area contributed by atoms with Crippen molar-refractivity contribution in [1.82, 2.24) is 4.90 Å². The first-order valence-corrected chi connectivity index (χ1v) is 12.1. The summed E-state index contributed by atoms with van der Waals surface area (Å²) in [5, 5.41) is 0. The van der Waals surface area contributed by atoms with Crippen molar-refractivity contribution in [3.8, 4) is 0 Å². The molecule has 31 heavy (non-hydrogen) atoms. The van der Waals surface area contributed by atoms with Gasteiger partial charge in [0.05, 0.1) is 6.54 Å². The van der Waals surface area contributed by atoms with Crippen LogP contribution in [0.3, 0.4) is 0 Å². The highest BCUT2D eigenvalue weighted by molar-refractivity contribution is 5.32. The molecule has 1 fully saturated rings. The van der Waals surface area contributed by atoms with Gasteiger partial charge in [-0.1, -0.05) is 58.1 Å². The monoisotopic (exact) mass is 427 g/mol. The van der Waals surface area contributed by atoms with E-state index in [2.05, 4.69) is 56.9 Å². The Hall–Kier alpha value is -2.03. The standard InChI is InChI=1S/C28H42FNO/c1-7-12-26(30-16-17-31-27(30)13-8-2)25(15-11-9-10-14-21(3)4)20-24-18-22(5)28(29)23(6)19-24/h10,12-14,18-19,21,25H,7-9,11,15-17,20H2,1-6H3/b14-10+,26-12-,27-13-. The average Bonchev–Trinajstić information content (AvgIpc) is 3.17. The van der Waals surface area contributed by atoms with Crippen LogP contribution >= 0.6 is 0 Å². The number of hydrogen-bond acceptors (Lipinski definition) is 2. The molecule has 1 aliphatic heterocycles. The molecule has 0 N–H and O–H groups in total. The maximum atomic E-state index is 14.2. The molecule has 1 saturated heterocycles. The van der Waals surface area contributed by atoms with E-state index < -0.39 is 0 Å². The third-order valence-electron chi connectivity index (χ3n) is 5.78. The maximum absolute atomic E-state index is 14.2. The van der Waals surface area contributed by atoms with Crippen molar-refractivity contribution in [2.45, 2.75) is 80.1 Å². The SMILES string of the molecule is CC/C=C1\OCCN1/C(=C\CC)C(CCC/C=C/C(C)C)Cc1cc(C)c(F)c(C)c1. The van der Waals surface area contributed by atoms with Crippen molar-refractivity contribution >= 4 is 0 Å². The zero-order valence-corrected chi connectivity index (χ0v) is 20.5. The number of halogens is 1. The van der Waals surface area contributed by atoms with Gasteiger partial charge in [0.1, 0.15) is 12.4 Å². The third-order valence-corrected chi connectivity index (χ3v) is 5.78. The Kier molecular flexibility index (Phi) is 10.4. The van der Waals surface area contributed by atoms with Gasteiger partial charge in [0.2, 0.25) is 0 Å². The molecule has 0 saturated carbocycles. The molecule has 1 atom stereocenters. The first-order valence-electron chi connectivity index (χ1n) is 12.1. The molecule has 0 spiro atoms. The molecule has 1 aromatic carbocycles. The Morgan fingerprint density at radius 2 is 1.87 bits per heavy atom. The quantitative estimate of drug-likeness (QED) is 0.263. The summed E-state index contributed by atoms with van der Waals surface area (Å²) in [5.74, 6) is 1.90. The summed E-state index contributed by atoms with van der Waals surface area (Å²) < 4.78 is 20.2. The Labute approximate surface area is 189 Å². The van der Waals surface area contributed by atoms with Crippen LogP contribution in [0, 0.1) is 31.5 Å². The van der Waals surface area contributed by atoms with Gasteiger partial charge in [-0.3, -0.25) is 0 Å². The highest BCUT2D eigenvalue weighted by Gasteiger charge is 2.27. The third kappa shape index (κ3) is 7.55. The summed E-state index contributed by atoms with van der Waals surface area (Å²) in [7, 11) is 0. The van der Waals surface area contributed by atoms with Gasteiger partial charge in [0, 0.05) is 11.6 Å². The molecule has 0 radical (unpaired) electrons. The van der Waals surface area contributed by atoms with Crippen LogP contribution in [0.2, 0.25) is 0 Å². The zero-order chi connectivity index (χ0) is 22.8. The zero-order valence-electron chi connectivity index (χ0n) is 20.5. The van der Waals surface area contributed by atoms with Crippen LogP contribution in [0.25, 0.3) is 0 Å². The average molecular weight is 428 g/mol. The second kappa shape index (κ2) is 12.7. The van der Waals surface area contributed by atoms with Crippen LogP contribution in [0.4, 0.5) is 4.39 Å². The van der Waals surface area contributed by atoms with Crippen molar-refractivity contribution in [2.75, 3.05) is 13.2 Å². The van der Waals surface area contributed by atoms with Crippen LogP contribution in [0.1, 0.15) is 76.5 Å². The van der Waals surface area contributed by atoms with Crippen molar-refractivity contribution in [3.05, 3.63) is 70.5 Å². The Morgan fingerprint density at radius 3 is 2.48 bits per heavy atom. The fourth-order valence-corrected chi connectivity index (χ4v) is 4.38. The van der Waals surface area contributed by atoms with E-state index >= 15 is 0 Å². The molecular weight excluding hydrogens is 385 g/mol. The van der Waals surface area contributed by atoms with Gasteiger partial charge >= 0.3 is 0 Å². The lowest BCUT2D eigenvalue weighted by molar-refractivity contribution is 0.237. The summed E-state index contributed by atoms with van der Waals surface area (Å²) in [6, 6.07) is 4.06. The first-order chi connectivity index (χ1) is 14.9. The number of hydrogen-bond donors (Lipinski definition) is 0. The minimum atomic E-state index is -0.0791. The number of rotatable bonds is 11. The van der Waals surface area contributed by atoms with Crippen molar-refractivity contribution in [3.63, 3.8) is 0 Å². The van der Waals surface area contributed by atoms with Crippen molar-refractivity contribution in [1.29, 1.82) is 0 Å². The van der Waals surface area contributed by atoms with E-state index in [0.29, 0.717) is 11.8 Å². The number of unbranched alkanes of at least 4 members (excludes halogenated alkanes) is 1. The summed E-state index contributed by atoms with van der Waals surface area (Å²) in [4.78, 5) is 2.38. The Morgan fingerprint density at radius 1 is 1.16 bits per heavy atom. The van der Waals surface area contributed by atoms with Gasteiger partial charge in [-0.25, -0.2) is 4.39 Å². The molecule has 1 aliphatic rings. The first kappa shape index (κ1) is 25.2. The molecule has 2 nitrogen and oxygen atoms in total. The Balaban J connectivity index is 2.29. The molecule has 172 valence electrons. The fourth-order valence-electron chi connectivity index (χ4n) is 4.38. The summed E-state index contributed by atoms with van der Waals surface area (Å²) in [6.07, 6.45) is 15.4. The topological polar surface area (TPSA) is 12.5 Å². The molecule has 3 heteroatoms. The molecular formula is C28H42FNO. The second-order valence-corrected chi connectivity index (χ2v) is 9.04.